The van der Waals surface area contributed by atoms with E-state index < -0.39 is 13.6 Å². The van der Waals surface area contributed by atoms with E-state index in [0.717, 1.165) is 0 Å². The SMILES string of the molecule is COCC(COP(C)(=O)Oc1ccc(N=O)cc1)NC(C)=O. The van der Waals surface area contributed by atoms with Gasteiger partial charge in [-0.2, -0.15) is 0 Å². The summed E-state index contributed by atoms with van der Waals surface area (Å²) < 4.78 is 27.7. The van der Waals surface area contributed by atoms with Gasteiger partial charge in [-0.05, 0) is 29.4 Å². The van der Waals surface area contributed by atoms with Crippen LogP contribution in [0, 0.1) is 4.91 Å². The lowest BCUT2D eigenvalue weighted by molar-refractivity contribution is -0.120. The Bertz CT molecular complexity index is 548. The monoisotopic (exact) mass is 330 g/mol. The third kappa shape index (κ3) is 6.80. The molecule has 8 nitrogen and oxygen atoms in total. The maximum absolute atomic E-state index is 12.2. The molecule has 2 unspecified atom stereocenters. The molecule has 0 aliphatic carbocycles. The van der Waals surface area contributed by atoms with Gasteiger partial charge in [0.05, 0.1) is 19.3 Å². The molecule has 0 aliphatic rings. The molecular formula is C13H19N2O6P. The number of nitrogens with one attached hydrogen (secondary N) is 1. The maximum Gasteiger partial charge on any atom is 0.376 e. The van der Waals surface area contributed by atoms with Crippen molar-refractivity contribution in [3.05, 3.63) is 29.2 Å². The third-order valence-corrected chi connectivity index (χ3v) is 3.66. The molecule has 9 heteroatoms. The van der Waals surface area contributed by atoms with Crippen molar-refractivity contribution in [3.63, 3.8) is 0 Å². The molecule has 0 bridgehead atoms. The van der Waals surface area contributed by atoms with Crippen LogP contribution in [0.15, 0.2) is 29.4 Å². The molecular weight excluding hydrogens is 311 g/mol. The highest BCUT2D eigenvalue weighted by molar-refractivity contribution is 7.53. The van der Waals surface area contributed by atoms with Crippen LogP contribution < -0.4 is 9.84 Å². The quantitative estimate of drug-likeness (QED) is 0.551. The fraction of sp³-hybridized carbons (Fsp3) is 0.462. The van der Waals surface area contributed by atoms with Crippen molar-refractivity contribution in [2.45, 2.75) is 13.0 Å². The number of nitrogens with zero attached hydrogens (tertiary/aromatic N) is 1. The zero-order valence-electron chi connectivity index (χ0n) is 12.6. The van der Waals surface area contributed by atoms with Crippen molar-refractivity contribution < 1.29 is 23.1 Å². The lowest BCUT2D eigenvalue weighted by Crippen LogP contribution is -2.40. The molecule has 1 aromatic carbocycles. The second-order valence-electron chi connectivity index (χ2n) is 4.60. The van der Waals surface area contributed by atoms with Crippen LogP contribution in [-0.2, 0) is 18.6 Å². The summed E-state index contributed by atoms with van der Waals surface area (Å²) in [4.78, 5) is 21.4. The number of carbonyl (C=O) groups excluding carboxylic acids is 1. The predicted octanol–water partition coefficient (Wildman–Crippen LogP) is 2.45. The molecule has 2 atom stereocenters. The smallest absolute Gasteiger partial charge is 0.376 e. The van der Waals surface area contributed by atoms with Gasteiger partial charge < -0.3 is 14.6 Å². The van der Waals surface area contributed by atoms with E-state index in [9.17, 15) is 14.3 Å². The highest BCUT2D eigenvalue weighted by Gasteiger charge is 2.22. The van der Waals surface area contributed by atoms with Crippen LogP contribution in [0.2, 0.25) is 0 Å². The Balaban J connectivity index is 2.59. The van der Waals surface area contributed by atoms with Gasteiger partial charge in [-0.3, -0.25) is 9.32 Å². The predicted molar refractivity (Wildman–Crippen MR) is 81.5 cm³/mol. The summed E-state index contributed by atoms with van der Waals surface area (Å²) in [5.74, 6) is 0.0514. The van der Waals surface area contributed by atoms with Crippen LogP contribution in [0.1, 0.15) is 6.92 Å². The fourth-order valence-electron chi connectivity index (χ4n) is 1.63. The van der Waals surface area contributed by atoms with Gasteiger partial charge in [-0.1, -0.05) is 0 Å². The van der Waals surface area contributed by atoms with Crippen molar-refractivity contribution in [1.29, 1.82) is 0 Å². The van der Waals surface area contributed by atoms with Gasteiger partial charge in [0.15, 0.2) is 0 Å². The second-order valence-corrected chi connectivity index (χ2v) is 6.58. The van der Waals surface area contributed by atoms with Crippen LogP contribution >= 0.6 is 7.60 Å². The number of carbonyl (C=O) groups is 1. The number of rotatable bonds is 9. The van der Waals surface area contributed by atoms with Crippen molar-refractivity contribution in [2.75, 3.05) is 27.0 Å². The minimum absolute atomic E-state index is 0.0187. The summed E-state index contributed by atoms with van der Waals surface area (Å²) in [6.45, 7) is 2.89. The van der Waals surface area contributed by atoms with Gasteiger partial charge in [0.25, 0.3) is 0 Å². The van der Waals surface area contributed by atoms with Crippen LogP contribution in [0.4, 0.5) is 5.69 Å². The van der Waals surface area contributed by atoms with E-state index in [1.54, 1.807) is 0 Å². The topological polar surface area (TPSA) is 103 Å². The molecule has 0 aromatic heterocycles. The number of hydrogen-bond donors (Lipinski definition) is 1. The molecule has 22 heavy (non-hydrogen) atoms. The first kappa shape index (κ1) is 18.3. The Morgan fingerprint density at radius 3 is 2.45 bits per heavy atom. The minimum atomic E-state index is -3.37. The van der Waals surface area contributed by atoms with Gasteiger partial charge >= 0.3 is 7.60 Å². The van der Waals surface area contributed by atoms with Crippen molar-refractivity contribution in [3.8, 4) is 5.75 Å². The summed E-state index contributed by atoms with van der Waals surface area (Å²) >= 11 is 0. The number of ether oxygens (including phenoxy) is 1. The van der Waals surface area contributed by atoms with Crippen LogP contribution in [-0.4, -0.2) is 38.9 Å². The average Bonchev–Trinajstić information content (AvgIpc) is 2.45. The molecule has 1 N–H and O–H groups in total. The number of methoxy groups -OCH3 is 1. The number of hydrogen-bond acceptors (Lipinski definition) is 7. The Kier molecular flexibility index (Phi) is 7.17. The van der Waals surface area contributed by atoms with Crippen molar-refractivity contribution >= 4 is 19.2 Å². The van der Waals surface area contributed by atoms with Gasteiger partial charge in [-0.25, -0.2) is 4.57 Å². The Hall–Kier alpha value is -1.76. The maximum atomic E-state index is 12.2. The lowest BCUT2D eigenvalue weighted by atomic mass is 10.3. The van der Waals surface area contributed by atoms with Gasteiger partial charge in [0.1, 0.15) is 11.4 Å². The Morgan fingerprint density at radius 2 is 1.95 bits per heavy atom. The molecule has 1 amide bonds. The average molecular weight is 330 g/mol. The Labute approximate surface area is 128 Å². The lowest BCUT2D eigenvalue weighted by Gasteiger charge is -2.20. The summed E-state index contributed by atoms with van der Waals surface area (Å²) in [6.07, 6.45) is 0. The molecule has 0 heterocycles. The van der Waals surface area contributed by atoms with E-state index in [1.807, 2.05) is 0 Å². The van der Waals surface area contributed by atoms with Crippen molar-refractivity contribution in [1.82, 2.24) is 5.32 Å². The zero-order chi connectivity index (χ0) is 16.6. The summed E-state index contributed by atoms with van der Waals surface area (Å²) in [5.41, 5.74) is 0.241. The van der Waals surface area contributed by atoms with Crippen molar-refractivity contribution in [2.24, 2.45) is 5.18 Å². The highest BCUT2D eigenvalue weighted by Crippen LogP contribution is 2.44. The molecule has 122 valence electrons. The molecule has 0 spiro atoms. The zero-order valence-corrected chi connectivity index (χ0v) is 13.5. The molecule has 0 aliphatic heterocycles. The first-order chi connectivity index (χ1) is 10.4. The fourth-order valence-corrected chi connectivity index (χ4v) is 2.64. The largest absolute Gasteiger partial charge is 0.425 e. The molecule has 0 radical (unpaired) electrons. The molecule has 0 fully saturated rings. The van der Waals surface area contributed by atoms with Crippen LogP contribution in [0.25, 0.3) is 0 Å². The second kappa shape index (κ2) is 8.63. The highest BCUT2D eigenvalue weighted by atomic mass is 31.2. The summed E-state index contributed by atoms with van der Waals surface area (Å²) in [6, 6.07) is 5.38. The number of benzene rings is 1. The Morgan fingerprint density at radius 1 is 1.32 bits per heavy atom. The standard InChI is InChI=1S/C13H19N2O6P/c1-10(16)14-12(8-19-2)9-20-22(3,18)21-13-6-4-11(15-17)5-7-13/h4-7,12H,8-9H2,1-3H3,(H,14,16). The molecule has 0 saturated heterocycles. The molecule has 0 saturated carbocycles. The van der Waals surface area contributed by atoms with Gasteiger partial charge in [0.2, 0.25) is 5.91 Å². The van der Waals surface area contributed by atoms with Crippen LogP contribution in [0.5, 0.6) is 5.75 Å². The first-order valence-corrected chi connectivity index (χ1v) is 8.46. The number of nitroso groups, excluding NO2 is 1. The van der Waals surface area contributed by atoms with E-state index in [2.05, 4.69) is 10.5 Å². The summed E-state index contributed by atoms with van der Waals surface area (Å²) in [5, 5.41) is 5.38. The molecule has 1 rings (SSSR count). The van der Waals surface area contributed by atoms with E-state index in [4.69, 9.17) is 13.8 Å². The van der Waals surface area contributed by atoms with E-state index >= 15 is 0 Å². The van der Waals surface area contributed by atoms with E-state index in [1.165, 1.54) is 45.0 Å². The third-order valence-electron chi connectivity index (χ3n) is 2.50. The minimum Gasteiger partial charge on any atom is -0.425 e. The van der Waals surface area contributed by atoms with Crippen LogP contribution in [0.3, 0.4) is 0 Å². The van der Waals surface area contributed by atoms with E-state index in [-0.39, 0.29) is 24.8 Å². The summed E-state index contributed by atoms with van der Waals surface area (Å²) in [7, 11) is -1.89. The first-order valence-electron chi connectivity index (χ1n) is 6.47. The number of amides is 1. The van der Waals surface area contributed by atoms with E-state index in [0.29, 0.717) is 5.75 Å². The van der Waals surface area contributed by atoms with Gasteiger partial charge in [0, 0.05) is 20.7 Å². The molecule has 1 aromatic rings. The van der Waals surface area contributed by atoms with Gasteiger partial charge in [-0.15, -0.1) is 4.91 Å². The normalized spacial score (nSPS) is 14.7.